The van der Waals surface area contributed by atoms with Crippen LogP contribution in [0.4, 0.5) is 0 Å². The van der Waals surface area contributed by atoms with Crippen LogP contribution in [0.25, 0.3) is 0 Å². The molecule has 0 aromatic carbocycles. The maximum Gasteiger partial charge on any atom is 0.109 e. The molecular weight excluding hydrogens is 198 g/mol. The van der Waals surface area contributed by atoms with Crippen LogP contribution in [0.5, 0.6) is 0 Å². The standard InChI is InChI=1S/C13H25N3/c1-11-8-12(2,3)9-13(11,10-14)15-6-7-16(4)5/h11,15H,6-9H2,1-5H3. The van der Waals surface area contributed by atoms with Gasteiger partial charge in [0.2, 0.25) is 0 Å². The molecule has 0 aromatic rings. The minimum atomic E-state index is -0.306. The largest absolute Gasteiger partial charge is 0.308 e. The summed E-state index contributed by atoms with van der Waals surface area (Å²) in [7, 11) is 4.12. The zero-order chi connectivity index (χ0) is 12.4. The quantitative estimate of drug-likeness (QED) is 0.790. The summed E-state index contributed by atoms with van der Waals surface area (Å²) in [6.07, 6.45) is 2.10. The van der Waals surface area contributed by atoms with E-state index in [4.69, 9.17) is 0 Å². The van der Waals surface area contributed by atoms with Gasteiger partial charge in [0.1, 0.15) is 5.54 Å². The SMILES string of the molecule is CC1CC(C)(C)CC1(C#N)NCCN(C)C. The molecule has 92 valence electrons. The Hall–Kier alpha value is -0.590. The summed E-state index contributed by atoms with van der Waals surface area (Å²) in [5.74, 6) is 0.440. The highest BCUT2D eigenvalue weighted by Crippen LogP contribution is 2.46. The predicted molar refractivity (Wildman–Crippen MR) is 67.1 cm³/mol. The van der Waals surface area contributed by atoms with Gasteiger partial charge in [-0.1, -0.05) is 20.8 Å². The molecule has 0 aromatic heterocycles. The number of nitrogens with zero attached hydrogens (tertiary/aromatic N) is 2. The summed E-state index contributed by atoms with van der Waals surface area (Å²) >= 11 is 0. The summed E-state index contributed by atoms with van der Waals surface area (Å²) in [5.41, 5.74) is -0.0141. The molecule has 3 heteroatoms. The summed E-state index contributed by atoms with van der Waals surface area (Å²) in [6, 6.07) is 2.53. The fraction of sp³-hybridized carbons (Fsp3) is 0.923. The molecule has 1 fully saturated rings. The molecule has 1 N–H and O–H groups in total. The second-order valence-corrected chi connectivity index (χ2v) is 6.26. The number of nitriles is 1. The molecular formula is C13H25N3. The van der Waals surface area contributed by atoms with Crippen LogP contribution in [0.3, 0.4) is 0 Å². The number of rotatable bonds is 4. The summed E-state index contributed by atoms with van der Waals surface area (Å²) in [6.45, 7) is 8.59. The van der Waals surface area contributed by atoms with Gasteiger partial charge >= 0.3 is 0 Å². The Balaban J connectivity index is 2.62. The summed E-state index contributed by atoms with van der Waals surface area (Å²) < 4.78 is 0. The van der Waals surface area contributed by atoms with Crippen molar-refractivity contribution in [2.24, 2.45) is 11.3 Å². The normalized spacial score (nSPS) is 32.9. The van der Waals surface area contributed by atoms with E-state index in [9.17, 15) is 5.26 Å². The van der Waals surface area contributed by atoms with Crippen molar-refractivity contribution in [3.8, 4) is 6.07 Å². The van der Waals surface area contributed by atoms with E-state index in [1.165, 1.54) is 0 Å². The maximum atomic E-state index is 9.46. The zero-order valence-corrected chi connectivity index (χ0v) is 11.3. The van der Waals surface area contributed by atoms with Crippen LogP contribution < -0.4 is 5.32 Å². The molecule has 1 rings (SSSR count). The smallest absolute Gasteiger partial charge is 0.109 e. The number of hydrogen-bond acceptors (Lipinski definition) is 3. The van der Waals surface area contributed by atoms with Gasteiger partial charge in [-0.05, 0) is 38.3 Å². The van der Waals surface area contributed by atoms with Gasteiger partial charge in [-0.3, -0.25) is 5.32 Å². The Morgan fingerprint density at radius 1 is 1.44 bits per heavy atom. The first-order valence-corrected chi connectivity index (χ1v) is 6.12. The van der Waals surface area contributed by atoms with Crippen LogP contribution in [0, 0.1) is 22.7 Å². The van der Waals surface area contributed by atoms with Gasteiger partial charge in [0.05, 0.1) is 6.07 Å². The minimum absolute atomic E-state index is 0.292. The molecule has 2 unspecified atom stereocenters. The second kappa shape index (κ2) is 4.73. The van der Waals surface area contributed by atoms with Gasteiger partial charge in [-0.25, -0.2) is 0 Å². The summed E-state index contributed by atoms with van der Waals surface area (Å²) in [4.78, 5) is 2.14. The molecule has 0 amide bonds. The highest BCUT2D eigenvalue weighted by molar-refractivity contribution is 5.16. The molecule has 0 bridgehead atoms. The van der Waals surface area contributed by atoms with Crippen molar-refractivity contribution >= 4 is 0 Å². The molecule has 1 saturated carbocycles. The molecule has 0 saturated heterocycles. The Bertz CT molecular complexity index is 277. The van der Waals surface area contributed by atoms with E-state index in [-0.39, 0.29) is 5.54 Å². The number of likely N-dealkylation sites (N-methyl/N-ethyl adjacent to an activating group) is 1. The molecule has 0 aliphatic heterocycles. The first kappa shape index (κ1) is 13.5. The Kier molecular flexibility index (Phi) is 3.98. The van der Waals surface area contributed by atoms with Gasteiger partial charge in [0.25, 0.3) is 0 Å². The van der Waals surface area contributed by atoms with Crippen molar-refractivity contribution in [2.45, 2.75) is 39.2 Å². The lowest BCUT2D eigenvalue weighted by Gasteiger charge is -2.29. The monoisotopic (exact) mass is 223 g/mol. The highest BCUT2D eigenvalue weighted by Gasteiger charge is 2.48. The summed E-state index contributed by atoms with van der Waals surface area (Å²) in [5, 5.41) is 12.9. The van der Waals surface area contributed by atoms with Gasteiger partial charge in [-0.15, -0.1) is 0 Å². The Morgan fingerprint density at radius 2 is 2.06 bits per heavy atom. The van der Waals surface area contributed by atoms with Gasteiger partial charge in [0, 0.05) is 13.1 Å². The number of hydrogen-bond donors (Lipinski definition) is 1. The topological polar surface area (TPSA) is 39.1 Å². The van der Waals surface area contributed by atoms with E-state index in [1.807, 2.05) is 0 Å². The van der Waals surface area contributed by atoms with Crippen molar-refractivity contribution in [1.29, 1.82) is 5.26 Å². The van der Waals surface area contributed by atoms with Gasteiger partial charge < -0.3 is 4.90 Å². The molecule has 0 heterocycles. The van der Waals surface area contributed by atoms with E-state index in [0.717, 1.165) is 25.9 Å². The molecule has 1 aliphatic carbocycles. The van der Waals surface area contributed by atoms with Crippen molar-refractivity contribution < 1.29 is 0 Å². The van der Waals surface area contributed by atoms with Crippen LogP contribution in [0.1, 0.15) is 33.6 Å². The van der Waals surface area contributed by atoms with Crippen molar-refractivity contribution in [2.75, 3.05) is 27.2 Å². The zero-order valence-electron chi connectivity index (χ0n) is 11.3. The Labute approximate surface area is 99.8 Å². The van der Waals surface area contributed by atoms with Crippen LogP contribution in [0.15, 0.2) is 0 Å². The molecule has 3 nitrogen and oxygen atoms in total. The molecule has 2 atom stereocenters. The van der Waals surface area contributed by atoms with Crippen LogP contribution in [-0.2, 0) is 0 Å². The lowest BCUT2D eigenvalue weighted by molar-refractivity contribution is 0.300. The molecule has 1 aliphatic rings. The third kappa shape index (κ3) is 2.96. The van der Waals surface area contributed by atoms with Gasteiger partial charge in [-0.2, -0.15) is 5.26 Å². The van der Waals surface area contributed by atoms with Crippen molar-refractivity contribution in [3.05, 3.63) is 0 Å². The maximum absolute atomic E-state index is 9.46. The Morgan fingerprint density at radius 3 is 2.44 bits per heavy atom. The van der Waals surface area contributed by atoms with E-state index >= 15 is 0 Å². The lowest BCUT2D eigenvalue weighted by atomic mass is 9.87. The lowest BCUT2D eigenvalue weighted by Crippen LogP contribution is -2.48. The van der Waals surface area contributed by atoms with E-state index < -0.39 is 0 Å². The van der Waals surface area contributed by atoms with E-state index in [1.54, 1.807) is 0 Å². The first-order valence-electron chi connectivity index (χ1n) is 6.12. The molecule has 16 heavy (non-hydrogen) atoms. The average Bonchev–Trinajstić information content (AvgIpc) is 2.36. The predicted octanol–water partition coefficient (Wildman–Crippen LogP) is 1.86. The van der Waals surface area contributed by atoms with Crippen molar-refractivity contribution in [1.82, 2.24) is 10.2 Å². The molecule has 0 radical (unpaired) electrons. The van der Waals surface area contributed by atoms with Crippen molar-refractivity contribution in [3.63, 3.8) is 0 Å². The van der Waals surface area contributed by atoms with Crippen LogP contribution in [-0.4, -0.2) is 37.6 Å². The third-order valence-corrected chi connectivity index (χ3v) is 3.66. The fourth-order valence-corrected chi connectivity index (χ4v) is 2.93. The van der Waals surface area contributed by atoms with E-state index in [2.05, 4.69) is 51.2 Å². The first-order chi connectivity index (χ1) is 7.31. The fourth-order valence-electron chi connectivity index (χ4n) is 2.93. The van der Waals surface area contributed by atoms with Gasteiger partial charge in [0.15, 0.2) is 0 Å². The molecule has 0 spiro atoms. The van der Waals surface area contributed by atoms with E-state index in [0.29, 0.717) is 11.3 Å². The van der Waals surface area contributed by atoms with Crippen LogP contribution in [0.2, 0.25) is 0 Å². The second-order valence-electron chi connectivity index (χ2n) is 6.26. The average molecular weight is 223 g/mol. The number of nitrogens with one attached hydrogen (secondary N) is 1. The third-order valence-electron chi connectivity index (χ3n) is 3.66. The minimum Gasteiger partial charge on any atom is -0.308 e. The van der Waals surface area contributed by atoms with Crippen LogP contribution >= 0.6 is 0 Å². The highest BCUT2D eigenvalue weighted by atomic mass is 15.1.